The third-order valence-corrected chi connectivity index (χ3v) is 2.08. The van der Waals surface area contributed by atoms with Gasteiger partial charge in [0.1, 0.15) is 0 Å². The van der Waals surface area contributed by atoms with Crippen molar-refractivity contribution in [1.29, 1.82) is 0 Å². The zero-order valence-corrected chi connectivity index (χ0v) is 8.09. The van der Waals surface area contributed by atoms with E-state index in [1.807, 2.05) is 0 Å². The maximum Gasteiger partial charge on any atom is 0.416 e. The van der Waals surface area contributed by atoms with Crippen LogP contribution in [0.1, 0.15) is 11.1 Å². The third kappa shape index (κ3) is 3.53. The predicted molar refractivity (Wildman–Crippen MR) is 52.2 cm³/mol. The summed E-state index contributed by atoms with van der Waals surface area (Å²) in [4.78, 5) is 0. The molecule has 4 N–H and O–H groups in total. The van der Waals surface area contributed by atoms with E-state index < -0.39 is 11.7 Å². The first-order valence-electron chi connectivity index (χ1n) is 4.55. The summed E-state index contributed by atoms with van der Waals surface area (Å²) in [6, 6.07) is 4.76. The van der Waals surface area contributed by atoms with Crippen LogP contribution < -0.4 is 11.5 Å². The SMILES string of the molecule is NCC(N)Cc1ccc(C(F)(F)F)cc1. The average Bonchev–Trinajstić information content (AvgIpc) is 2.17. The monoisotopic (exact) mass is 218 g/mol. The van der Waals surface area contributed by atoms with Crippen LogP contribution in [0.5, 0.6) is 0 Å². The first-order valence-corrected chi connectivity index (χ1v) is 4.55. The van der Waals surface area contributed by atoms with E-state index in [0.29, 0.717) is 13.0 Å². The van der Waals surface area contributed by atoms with Gasteiger partial charge in [-0.1, -0.05) is 12.1 Å². The molecule has 1 rings (SSSR count). The van der Waals surface area contributed by atoms with Crippen molar-refractivity contribution in [3.63, 3.8) is 0 Å². The third-order valence-electron chi connectivity index (χ3n) is 2.08. The predicted octanol–water partition coefficient (Wildman–Crippen LogP) is 1.53. The van der Waals surface area contributed by atoms with Gasteiger partial charge in [-0.2, -0.15) is 13.2 Å². The number of hydrogen-bond donors (Lipinski definition) is 2. The smallest absolute Gasteiger partial charge is 0.329 e. The lowest BCUT2D eigenvalue weighted by Gasteiger charge is -2.10. The lowest BCUT2D eigenvalue weighted by molar-refractivity contribution is -0.137. The summed E-state index contributed by atoms with van der Waals surface area (Å²) in [6.45, 7) is 0.320. The zero-order valence-electron chi connectivity index (χ0n) is 8.09. The summed E-state index contributed by atoms with van der Waals surface area (Å²) < 4.78 is 36.6. The molecule has 1 aromatic rings. The molecule has 0 spiro atoms. The number of rotatable bonds is 3. The Morgan fingerprint density at radius 3 is 2.07 bits per heavy atom. The number of hydrogen-bond acceptors (Lipinski definition) is 2. The first-order chi connectivity index (χ1) is 6.93. The Kier molecular flexibility index (Phi) is 3.71. The molecule has 0 aromatic heterocycles. The molecule has 0 aliphatic carbocycles. The standard InChI is InChI=1S/C10H13F3N2/c11-10(12,13)8-3-1-7(2-4-8)5-9(15)6-14/h1-4,9H,5-6,14-15H2. The minimum Gasteiger partial charge on any atom is -0.329 e. The van der Waals surface area contributed by atoms with Crippen molar-refractivity contribution in [3.8, 4) is 0 Å². The fourth-order valence-corrected chi connectivity index (χ4v) is 1.22. The van der Waals surface area contributed by atoms with E-state index in [1.54, 1.807) is 0 Å². The quantitative estimate of drug-likeness (QED) is 0.808. The molecule has 84 valence electrons. The van der Waals surface area contributed by atoms with Crippen molar-refractivity contribution in [2.45, 2.75) is 18.6 Å². The van der Waals surface area contributed by atoms with Gasteiger partial charge in [-0.3, -0.25) is 0 Å². The lowest BCUT2D eigenvalue weighted by atomic mass is 10.0. The van der Waals surface area contributed by atoms with Crippen molar-refractivity contribution in [3.05, 3.63) is 35.4 Å². The molecular formula is C10H13F3N2. The minimum atomic E-state index is -4.28. The molecule has 1 aromatic carbocycles. The Labute approximate surface area is 86.1 Å². The van der Waals surface area contributed by atoms with E-state index in [4.69, 9.17) is 11.5 Å². The summed E-state index contributed by atoms with van der Waals surface area (Å²) in [5.74, 6) is 0. The number of alkyl halides is 3. The Balaban J connectivity index is 2.73. The Morgan fingerprint density at radius 2 is 1.67 bits per heavy atom. The van der Waals surface area contributed by atoms with Gasteiger partial charge in [0.05, 0.1) is 5.56 Å². The second kappa shape index (κ2) is 4.63. The van der Waals surface area contributed by atoms with Crippen LogP contribution in [0, 0.1) is 0 Å². The van der Waals surface area contributed by atoms with Crippen LogP contribution in [0.3, 0.4) is 0 Å². The van der Waals surface area contributed by atoms with Crippen LogP contribution in [0.4, 0.5) is 13.2 Å². The Hall–Kier alpha value is -1.07. The number of halogens is 3. The Morgan fingerprint density at radius 1 is 1.13 bits per heavy atom. The van der Waals surface area contributed by atoms with Gasteiger partial charge in [-0.15, -0.1) is 0 Å². The summed E-state index contributed by atoms with van der Waals surface area (Å²) in [5, 5.41) is 0. The van der Waals surface area contributed by atoms with E-state index >= 15 is 0 Å². The summed E-state index contributed by atoms with van der Waals surface area (Å²) in [5.41, 5.74) is 11.0. The van der Waals surface area contributed by atoms with Gasteiger partial charge in [0.25, 0.3) is 0 Å². The molecule has 0 bridgehead atoms. The first kappa shape index (κ1) is 12.0. The fraction of sp³-hybridized carbons (Fsp3) is 0.400. The molecule has 0 heterocycles. The van der Waals surface area contributed by atoms with Crippen LogP contribution in [0.25, 0.3) is 0 Å². The van der Waals surface area contributed by atoms with Gasteiger partial charge >= 0.3 is 6.18 Å². The number of nitrogens with two attached hydrogens (primary N) is 2. The highest BCUT2D eigenvalue weighted by Crippen LogP contribution is 2.29. The molecule has 0 saturated heterocycles. The van der Waals surface area contributed by atoms with Crippen LogP contribution in [-0.2, 0) is 12.6 Å². The molecule has 0 aliphatic rings. The van der Waals surface area contributed by atoms with Gasteiger partial charge in [0, 0.05) is 12.6 Å². The largest absolute Gasteiger partial charge is 0.416 e. The molecule has 15 heavy (non-hydrogen) atoms. The molecule has 0 fully saturated rings. The highest BCUT2D eigenvalue weighted by atomic mass is 19.4. The van der Waals surface area contributed by atoms with E-state index in [1.165, 1.54) is 12.1 Å². The van der Waals surface area contributed by atoms with E-state index in [9.17, 15) is 13.2 Å². The van der Waals surface area contributed by atoms with Crippen molar-refractivity contribution in [2.24, 2.45) is 11.5 Å². The van der Waals surface area contributed by atoms with E-state index in [0.717, 1.165) is 17.7 Å². The maximum absolute atomic E-state index is 12.2. The molecular weight excluding hydrogens is 205 g/mol. The van der Waals surface area contributed by atoms with Crippen LogP contribution in [0.15, 0.2) is 24.3 Å². The van der Waals surface area contributed by atoms with Crippen LogP contribution in [0.2, 0.25) is 0 Å². The molecule has 2 nitrogen and oxygen atoms in total. The lowest BCUT2D eigenvalue weighted by Crippen LogP contribution is -2.31. The summed E-state index contributed by atoms with van der Waals surface area (Å²) in [6.07, 6.45) is -3.79. The number of benzene rings is 1. The van der Waals surface area contributed by atoms with Crippen molar-refractivity contribution >= 4 is 0 Å². The van der Waals surface area contributed by atoms with E-state index in [-0.39, 0.29) is 6.04 Å². The van der Waals surface area contributed by atoms with Crippen molar-refractivity contribution in [2.75, 3.05) is 6.54 Å². The molecule has 0 aliphatic heterocycles. The second-order valence-corrected chi connectivity index (χ2v) is 3.39. The molecule has 1 unspecified atom stereocenters. The van der Waals surface area contributed by atoms with Gasteiger partial charge in [-0.25, -0.2) is 0 Å². The topological polar surface area (TPSA) is 52.0 Å². The van der Waals surface area contributed by atoms with Gasteiger partial charge in [0.15, 0.2) is 0 Å². The van der Waals surface area contributed by atoms with Gasteiger partial charge < -0.3 is 11.5 Å². The highest BCUT2D eigenvalue weighted by Gasteiger charge is 2.29. The summed E-state index contributed by atoms with van der Waals surface area (Å²) >= 11 is 0. The Bertz CT molecular complexity index is 305. The van der Waals surface area contributed by atoms with Gasteiger partial charge in [-0.05, 0) is 24.1 Å². The fourth-order valence-electron chi connectivity index (χ4n) is 1.22. The van der Waals surface area contributed by atoms with E-state index in [2.05, 4.69) is 0 Å². The molecule has 0 amide bonds. The molecule has 0 radical (unpaired) electrons. The molecule has 0 saturated carbocycles. The molecule has 1 atom stereocenters. The average molecular weight is 218 g/mol. The molecule has 5 heteroatoms. The maximum atomic E-state index is 12.2. The summed E-state index contributed by atoms with van der Waals surface area (Å²) in [7, 11) is 0. The minimum absolute atomic E-state index is 0.207. The highest BCUT2D eigenvalue weighted by molar-refractivity contribution is 5.25. The second-order valence-electron chi connectivity index (χ2n) is 3.39. The van der Waals surface area contributed by atoms with Crippen molar-refractivity contribution in [1.82, 2.24) is 0 Å². The van der Waals surface area contributed by atoms with Crippen LogP contribution in [-0.4, -0.2) is 12.6 Å². The zero-order chi connectivity index (χ0) is 11.5. The van der Waals surface area contributed by atoms with Crippen LogP contribution >= 0.6 is 0 Å². The normalized spacial score (nSPS) is 13.9. The van der Waals surface area contributed by atoms with Gasteiger partial charge in [0.2, 0.25) is 0 Å². The van der Waals surface area contributed by atoms with Crippen molar-refractivity contribution < 1.29 is 13.2 Å².